The molecule has 4 heteroatoms. The number of nitrogens with zero attached hydrogens (tertiary/aromatic N) is 1. The van der Waals surface area contributed by atoms with E-state index in [0.717, 1.165) is 16.4 Å². The summed E-state index contributed by atoms with van der Waals surface area (Å²) in [6, 6.07) is 10.7. The van der Waals surface area contributed by atoms with Crippen molar-refractivity contribution in [3.05, 3.63) is 41.5 Å². The molecule has 0 bridgehead atoms. The van der Waals surface area contributed by atoms with Crippen LogP contribution < -0.4 is 5.73 Å². The lowest BCUT2D eigenvalue weighted by Gasteiger charge is -2.21. The first-order chi connectivity index (χ1) is 10.7. The van der Waals surface area contributed by atoms with Crippen molar-refractivity contribution in [2.45, 2.75) is 42.2 Å². The zero-order valence-electron chi connectivity index (χ0n) is 12.4. The SMILES string of the molecule is N=C1N=C(N)c2cc3ccc(SC4CCCCC4)cc3cc21. The Balaban J connectivity index is 1.68. The molecule has 0 atom stereocenters. The van der Waals surface area contributed by atoms with Gasteiger partial charge in [-0.1, -0.05) is 25.3 Å². The van der Waals surface area contributed by atoms with Crippen LogP contribution in [0.3, 0.4) is 0 Å². The summed E-state index contributed by atoms with van der Waals surface area (Å²) >= 11 is 2.01. The Hall–Kier alpha value is -1.81. The molecule has 0 unspecified atom stereocenters. The highest BCUT2D eigenvalue weighted by Gasteiger charge is 2.19. The summed E-state index contributed by atoms with van der Waals surface area (Å²) in [6.45, 7) is 0. The highest BCUT2D eigenvalue weighted by atomic mass is 32.2. The Kier molecular flexibility index (Phi) is 3.41. The van der Waals surface area contributed by atoms with Crippen molar-refractivity contribution in [3.8, 4) is 0 Å². The normalized spacial score (nSPS) is 18.5. The Morgan fingerprint density at radius 1 is 1.00 bits per heavy atom. The Morgan fingerprint density at radius 3 is 2.59 bits per heavy atom. The van der Waals surface area contributed by atoms with Gasteiger partial charge in [0.05, 0.1) is 0 Å². The van der Waals surface area contributed by atoms with Crippen LogP contribution in [0.4, 0.5) is 0 Å². The third kappa shape index (κ3) is 2.41. The minimum Gasteiger partial charge on any atom is -0.383 e. The second-order valence-corrected chi connectivity index (χ2v) is 7.50. The van der Waals surface area contributed by atoms with Gasteiger partial charge in [-0.05, 0) is 47.9 Å². The molecular weight excluding hydrogens is 290 g/mol. The average Bonchev–Trinajstić information content (AvgIpc) is 2.80. The number of rotatable bonds is 2. The molecule has 112 valence electrons. The lowest BCUT2D eigenvalue weighted by molar-refractivity contribution is 0.516. The number of aliphatic imine (C=N–C) groups is 1. The van der Waals surface area contributed by atoms with E-state index in [-0.39, 0.29) is 5.84 Å². The van der Waals surface area contributed by atoms with Gasteiger partial charge in [0, 0.05) is 21.3 Å². The molecule has 4 rings (SSSR count). The van der Waals surface area contributed by atoms with E-state index in [9.17, 15) is 0 Å². The van der Waals surface area contributed by atoms with E-state index < -0.39 is 0 Å². The van der Waals surface area contributed by atoms with E-state index in [4.69, 9.17) is 11.1 Å². The molecule has 2 aliphatic rings. The van der Waals surface area contributed by atoms with Gasteiger partial charge in [-0.25, -0.2) is 4.99 Å². The first kappa shape index (κ1) is 13.8. The molecule has 3 N–H and O–H groups in total. The highest BCUT2D eigenvalue weighted by molar-refractivity contribution is 8.00. The molecule has 0 amide bonds. The third-order valence-corrected chi connectivity index (χ3v) is 5.90. The van der Waals surface area contributed by atoms with Crippen molar-refractivity contribution in [3.63, 3.8) is 0 Å². The fourth-order valence-electron chi connectivity index (χ4n) is 3.37. The van der Waals surface area contributed by atoms with Crippen LogP contribution in [0.1, 0.15) is 43.2 Å². The number of fused-ring (bicyclic) bond motifs is 2. The largest absolute Gasteiger partial charge is 0.383 e. The van der Waals surface area contributed by atoms with Gasteiger partial charge in [-0.15, -0.1) is 11.8 Å². The first-order valence-corrected chi connectivity index (χ1v) is 8.76. The van der Waals surface area contributed by atoms with E-state index in [2.05, 4.69) is 35.3 Å². The predicted molar refractivity (Wildman–Crippen MR) is 94.2 cm³/mol. The zero-order valence-corrected chi connectivity index (χ0v) is 13.2. The molecule has 0 spiro atoms. The third-order valence-electron chi connectivity index (χ3n) is 4.57. The van der Waals surface area contributed by atoms with Crippen LogP contribution in [0, 0.1) is 5.41 Å². The summed E-state index contributed by atoms with van der Waals surface area (Å²) in [5, 5.41) is 11.0. The summed E-state index contributed by atoms with van der Waals surface area (Å²) in [4.78, 5) is 5.40. The predicted octanol–water partition coefficient (Wildman–Crippen LogP) is 4.31. The van der Waals surface area contributed by atoms with E-state index in [0.29, 0.717) is 5.84 Å². The first-order valence-electron chi connectivity index (χ1n) is 7.88. The van der Waals surface area contributed by atoms with Crippen LogP contribution in [-0.4, -0.2) is 16.9 Å². The van der Waals surface area contributed by atoms with Crippen LogP contribution in [0.15, 0.2) is 40.2 Å². The van der Waals surface area contributed by atoms with E-state index >= 15 is 0 Å². The molecule has 0 saturated heterocycles. The Labute approximate surface area is 134 Å². The average molecular weight is 309 g/mol. The number of nitrogens with one attached hydrogen (secondary N) is 1. The minimum atomic E-state index is 0.278. The maximum Gasteiger partial charge on any atom is 0.154 e. The van der Waals surface area contributed by atoms with E-state index in [1.54, 1.807) is 0 Å². The van der Waals surface area contributed by atoms with E-state index in [1.807, 2.05) is 11.8 Å². The summed E-state index contributed by atoms with van der Waals surface area (Å²) < 4.78 is 0. The van der Waals surface area contributed by atoms with Gasteiger partial charge >= 0.3 is 0 Å². The molecule has 2 aromatic carbocycles. The van der Waals surface area contributed by atoms with Gasteiger partial charge in [0.15, 0.2) is 5.84 Å². The molecule has 22 heavy (non-hydrogen) atoms. The second kappa shape index (κ2) is 5.43. The molecule has 1 aliphatic heterocycles. The maximum absolute atomic E-state index is 7.92. The van der Waals surface area contributed by atoms with Crippen molar-refractivity contribution < 1.29 is 0 Å². The molecule has 0 radical (unpaired) electrons. The summed E-state index contributed by atoms with van der Waals surface area (Å²) in [7, 11) is 0. The number of nitrogens with two attached hydrogens (primary N) is 1. The standard InChI is InChI=1S/C18H19N3S/c19-17-15-9-11-6-7-14(22-13-4-2-1-3-5-13)8-12(11)10-16(15)18(20)21-17/h6-10,13H,1-5H2,(H3,19,20,21). The lowest BCUT2D eigenvalue weighted by atomic mass is 10.0. The quantitative estimate of drug-likeness (QED) is 0.868. The molecule has 1 aliphatic carbocycles. The summed E-state index contributed by atoms with van der Waals surface area (Å²) in [5.74, 6) is 0.738. The van der Waals surface area contributed by atoms with Crippen molar-refractivity contribution >= 4 is 34.2 Å². The fourth-order valence-corrected chi connectivity index (χ4v) is 4.67. The number of hydrogen-bond acceptors (Lipinski definition) is 3. The van der Waals surface area contributed by atoms with Gasteiger partial charge in [0.1, 0.15) is 5.84 Å². The van der Waals surface area contributed by atoms with E-state index in [1.165, 1.54) is 47.8 Å². The topological polar surface area (TPSA) is 62.2 Å². The number of hydrogen-bond donors (Lipinski definition) is 2. The van der Waals surface area contributed by atoms with Crippen molar-refractivity contribution in [1.82, 2.24) is 0 Å². The highest BCUT2D eigenvalue weighted by Crippen LogP contribution is 2.35. The van der Waals surface area contributed by atoms with Crippen LogP contribution in [0.25, 0.3) is 10.8 Å². The smallest absolute Gasteiger partial charge is 0.154 e. The van der Waals surface area contributed by atoms with Crippen molar-refractivity contribution in [1.29, 1.82) is 5.41 Å². The maximum atomic E-state index is 7.92. The number of thioether (sulfide) groups is 1. The van der Waals surface area contributed by atoms with Crippen LogP contribution in [0.2, 0.25) is 0 Å². The molecule has 2 aromatic rings. The Morgan fingerprint density at radius 2 is 1.77 bits per heavy atom. The fraction of sp³-hybridized carbons (Fsp3) is 0.333. The van der Waals surface area contributed by atoms with Crippen LogP contribution in [0.5, 0.6) is 0 Å². The van der Waals surface area contributed by atoms with Crippen molar-refractivity contribution in [2.24, 2.45) is 10.7 Å². The number of amidine groups is 2. The Bertz CT molecular complexity index is 788. The second-order valence-electron chi connectivity index (χ2n) is 6.13. The summed E-state index contributed by atoms with van der Waals surface area (Å²) in [5.41, 5.74) is 7.63. The monoisotopic (exact) mass is 309 g/mol. The van der Waals surface area contributed by atoms with Gasteiger partial charge in [-0.2, -0.15) is 0 Å². The lowest BCUT2D eigenvalue weighted by Crippen LogP contribution is -2.10. The van der Waals surface area contributed by atoms with Gasteiger partial charge in [0.2, 0.25) is 0 Å². The molecular formula is C18H19N3S. The minimum absolute atomic E-state index is 0.278. The zero-order chi connectivity index (χ0) is 15.1. The summed E-state index contributed by atoms with van der Waals surface area (Å²) in [6.07, 6.45) is 6.80. The van der Waals surface area contributed by atoms with Gasteiger partial charge in [0.25, 0.3) is 0 Å². The molecule has 3 nitrogen and oxygen atoms in total. The van der Waals surface area contributed by atoms with Gasteiger partial charge < -0.3 is 5.73 Å². The molecule has 1 saturated carbocycles. The van der Waals surface area contributed by atoms with Gasteiger partial charge in [-0.3, -0.25) is 5.41 Å². The van der Waals surface area contributed by atoms with Crippen LogP contribution in [-0.2, 0) is 0 Å². The molecule has 1 heterocycles. The number of benzene rings is 2. The van der Waals surface area contributed by atoms with Crippen molar-refractivity contribution in [2.75, 3.05) is 0 Å². The molecule has 0 aromatic heterocycles. The van der Waals surface area contributed by atoms with Crippen LogP contribution >= 0.6 is 11.8 Å². The molecule has 1 fully saturated rings.